The minimum absolute atomic E-state index is 0. The van der Waals surface area contributed by atoms with Gasteiger partial charge in [0.1, 0.15) is 0 Å². The molecule has 94 valence electrons. The second-order valence-corrected chi connectivity index (χ2v) is 3.06. The number of ether oxygens (including phenoxy) is 2. The summed E-state index contributed by atoms with van der Waals surface area (Å²) in [6, 6.07) is 6.59. The van der Waals surface area contributed by atoms with Gasteiger partial charge < -0.3 is 9.47 Å². The summed E-state index contributed by atoms with van der Waals surface area (Å²) in [5, 5.41) is 7.55. The van der Waals surface area contributed by atoms with Gasteiger partial charge in [-0.05, 0) is 38.1 Å². The molecule has 0 saturated carbocycles. The SMILES string of the molecule is CCOC(=N)c1ccc(C(=O)OCC)cc1.Cl. The Labute approximate surface area is 107 Å². The lowest BCUT2D eigenvalue weighted by Crippen LogP contribution is -2.07. The number of carbonyl (C=O) groups is 1. The summed E-state index contributed by atoms with van der Waals surface area (Å²) in [6.45, 7) is 4.40. The molecule has 1 aromatic carbocycles. The van der Waals surface area contributed by atoms with Crippen molar-refractivity contribution < 1.29 is 14.3 Å². The largest absolute Gasteiger partial charge is 0.478 e. The van der Waals surface area contributed by atoms with E-state index < -0.39 is 0 Å². The van der Waals surface area contributed by atoms with E-state index >= 15 is 0 Å². The number of hydrogen-bond acceptors (Lipinski definition) is 4. The molecule has 4 nitrogen and oxygen atoms in total. The molecule has 0 aromatic heterocycles. The first-order valence-electron chi connectivity index (χ1n) is 5.18. The predicted octanol–water partition coefficient (Wildman–Crippen LogP) is 2.65. The van der Waals surface area contributed by atoms with Crippen LogP contribution in [0.5, 0.6) is 0 Å². The summed E-state index contributed by atoms with van der Waals surface area (Å²) in [5.74, 6) is -0.241. The van der Waals surface area contributed by atoms with Crippen molar-refractivity contribution in [3.8, 4) is 0 Å². The second kappa shape index (κ2) is 7.68. The van der Waals surface area contributed by atoms with Gasteiger partial charge in [-0.15, -0.1) is 12.4 Å². The van der Waals surface area contributed by atoms with Gasteiger partial charge in [-0.1, -0.05) is 0 Å². The second-order valence-electron chi connectivity index (χ2n) is 3.06. The molecular weight excluding hydrogens is 242 g/mol. The Hall–Kier alpha value is -1.55. The third kappa shape index (κ3) is 4.44. The van der Waals surface area contributed by atoms with E-state index in [1.165, 1.54) is 0 Å². The summed E-state index contributed by atoms with van der Waals surface area (Å²) in [7, 11) is 0. The molecule has 0 bridgehead atoms. The Morgan fingerprint density at radius 3 is 2.00 bits per heavy atom. The van der Waals surface area contributed by atoms with Crippen LogP contribution in [0.4, 0.5) is 0 Å². The number of halogens is 1. The van der Waals surface area contributed by atoms with Gasteiger partial charge in [0, 0.05) is 5.56 Å². The Kier molecular flexibility index (Phi) is 6.98. The van der Waals surface area contributed by atoms with Gasteiger partial charge in [-0.25, -0.2) is 4.79 Å². The van der Waals surface area contributed by atoms with Crippen LogP contribution in [-0.4, -0.2) is 25.1 Å². The molecule has 0 aliphatic carbocycles. The first-order valence-corrected chi connectivity index (χ1v) is 5.18. The fourth-order valence-corrected chi connectivity index (χ4v) is 1.20. The molecule has 0 unspecified atom stereocenters. The van der Waals surface area contributed by atoms with E-state index in [2.05, 4.69) is 0 Å². The minimum Gasteiger partial charge on any atom is -0.478 e. The molecule has 0 amide bonds. The highest BCUT2D eigenvalue weighted by Crippen LogP contribution is 2.07. The van der Waals surface area contributed by atoms with Gasteiger partial charge in [0.25, 0.3) is 0 Å². The highest BCUT2D eigenvalue weighted by molar-refractivity contribution is 5.94. The molecule has 17 heavy (non-hydrogen) atoms. The Balaban J connectivity index is 0.00000256. The maximum Gasteiger partial charge on any atom is 0.338 e. The normalized spacial score (nSPS) is 9.06. The van der Waals surface area contributed by atoms with Gasteiger partial charge in [0.05, 0.1) is 18.8 Å². The number of hydrogen-bond donors (Lipinski definition) is 1. The van der Waals surface area contributed by atoms with Gasteiger partial charge in [-0.2, -0.15) is 0 Å². The van der Waals surface area contributed by atoms with Crippen LogP contribution < -0.4 is 0 Å². The van der Waals surface area contributed by atoms with E-state index in [0.717, 1.165) is 0 Å². The maximum absolute atomic E-state index is 11.3. The summed E-state index contributed by atoms with van der Waals surface area (Å²) < 4.78 is 9.89. The van der Waals surface area contributed by atoms with Gasteiger partial charge in [-0.3, -0.25) is 5.41 Å². The smallest absolute Gasteiger partial charge is 0.338 e. The zero-order chi connectivity index (χ0) is 12.0. The van der Waals surface area contributed by atoms with Crippen LogP contribution in [0.1, 0.15) is 29.8 Å². The summed E-state index contributed by atoms with van der Waals surface area (Å²) in [6.07, 6.45) is 0. The van der Waals surface area contributed by atoms with Gasteiger partial charge in [0.2, 0.25) is 5.90 Å². The van der Waals surface area contributed by atoms with Crippen molar-refractivity contribution in [3.63, 3.8) is 0 Å². The Bertz CT molecular complexity index is 339. The quantitative estimate of drug-likeness (QED) is 0.512. The highest BCUT2D eigenvalue weighted by atomic mass is 35.5. The van der Waals surface area contributed by atoms with Crippen LogP contribution in [0.2, 0.25) is 0 Å². The zero-order valence-electron chi connectivity index (χ0n) is 9.86. The summed E-state index contributed by atoms with van der Waals surface area (Å²) in [5.41, 5.74) is 1.13. The number of benzene rings is 1. The van der Waals surface area contributed by atoms with Crippen LogP contribution in [0, 0.1) is 5.41 Å². The van der Waals surface area contributed by atoms with Crippen LogP contribution in [0.3, 0.4) is 0 Å². The molecule has 0 heterocycles. The molecule has 1 aromatic rings. The lowest BCUT2D eigenvalue weighted by atomic mass is 10.1. The number of carbonyl (C=O) groups excluding carboxylic acids is 1. The van der Waals surface area contributed by atoms with Crippen molar-refractivity contribution >= 4 is 24.3 Å². The fraction of sp³-hybridized carbons (Fsp3) is 0.333. The molecule has 5 heteroatoms. The van der Waals surface area contributed by atoms with Crippen LogP contribution in [0.25, 0.3) is 0 Å². The Morgan fingerprint density at radius 2 is 1.53 bits per heavy atom. The Morgan fingerprint density at radius 1 is 1.06 bits per heavy atom. The van der Waals surface area contributed by atoms with E-state index in [-0.39, 0.29) is 24.3 Å². The number of nitrogens with one attached hydrogen (secondary N) is 1. The monoisotopic (exact) mass is 257 g/mol. The molecule has 0 radical (unpaired) electrons. The van der Waals surface area contributed by atoms with E-state index in [1.54, 1.807) is 31.2 Å². The van der Waals surface area contributed by atoms with E-state index in [1.807, 2.05) is 6.92 Å². The van der Waals surface area contributed by atoms with E-state index in [9.17, 15) is 4.79 Å². The minimum atomic E-state index is -0.350. The van der Waals surface area contributed by atoms with Crippen LogP contribution in [0.15, 0.2) is 24.3 Å². The molecule has 0 saturated heterocycles. The molecule has 1 N–H and O–H groups in total. The first kappa shape index (κ1) is 15.4. The fourth-order valence-electron chi connectivity index (χ4n) is 1.20. The lowest BCUT2D eigenvalue weighted by molar-refractivity contribution is 0.0526. The van der Waals surface area contributed by atoms with E-state index in [4.69, 9.17) is 14.9 Å². The average Bonchev–Trinajstić information content (AvgIpc) is 2.30. The highest BCUT2D eigenvalue weighted by Gasteiger charge is 2.07. The first-order chi connectivity index (χ1) is 7.69. The molecular formula is C12H16ClNO3. The summed E-state index contributed by atoms with van der Waals surface area (Å²) >= 11 is 0. The van der Waals surface area contributed by atoms with Crippen molar-refractivity contribution in [2.45, 2.75) is 13.8 Å². The van der Waals surface area contributed by atoms with Crippen molar-refractivity contribution in [3.05, 3.63) is 35.4 Å². The third-order valence-electron chi connectivity index (χ3n) is 1.95. The van der Waals surface area contributed by atoms with Crippen LogP contribution >= 0.6 is 12.4 Å². The van der Waals surface area contributed by atoms with Crippen molar-refractivity contribution in [1.29, 1.82) is 5.41 Å². The van der Waals surface area contributed by atoms with E-state index in [0.29, 0.717) is 24.3 Å². The standard InChI is InChI=1S/C12H15NO3.ClH/c1-3-15-11(13)9-5-7-10(8-6-9)12(14)16-4-2;/h5-8,13H,3-4H2,1-2H3;1H. The topological polar surface area (TPSA) is 59.4 Å². The maximum atomic E-state index is 11.3. The molecule has 0 spiro atoms. The third-order valence-corrected chi connectivity index (χ3v) is 1.95. The molecule has 0 fully saturated rings. The molecule has 0 aliphatic heterocycles. The van der Waals surface area contributed by atoms with Crippen molar-refractivity contribution in [2.75, 3.05) is 13.2 Å². The van der Waals surface area contributed by atoms with Crippen LogP contribution in [-0.2, 0) is 9.47 Å². The summed E-state index contributed by atoms with van der Waals surface area (Å²) in [4.78, 5) is 11.3. The van der Waals surface area contributed by atoms with Gasteiger partial charge >= 0.3 is 5.97 Å². The van der Waals surface area contributed by atoms with Crippen molar-refractivity contribution in [1.82, 2.24) is 0 Å². The molecule has 0 atom stereocenters. The average molecular weight is 258 g/mol. The molecule has 1 rings (SSSR count). The molecule has 0 aliphatic rings. The predicted molar refractivity (Wildman–Crippen MR) is 68.1 cm³/mol. The van der Waals surface area contributed by atoms with Crippen molar-refractivity contribution in [2.24, 2.45) is 0 Å². The zero-order valence-corrected chi connectivity index (χ0v) is 10.7. The number of esters is 1. The number of rotatable bonds is 4. The lowest BCUT2D eigenvalue weighted by Gasteiger charge is -2.05. The van der Waals surface area contributed by atoms with Gasteiger partial charge in [0.15, 0.2) is 0 Å².